The van der Waals surface area contributed by atoms with Gasteiger partial charge >= 0.3 is 0 Å². The number of rotatable bonds is 8. The van der Waals surface area contributed by atoms with Crippen molar-refractivity contribution in [2.75, 3.05) is 13.7 Å². The first-order chi connectivity index (χ1) is 12.9. The van der Waals surface area contributed by atoms with Gasteiger partial charge in [0.25, 0.3) is 5.91 Å². The van der Waals surface area contributed by atoms with Gasteiger partial charge in [-0.2, -0.15) is 5.10 Å². The second kappa shape index (κ2) is 9.97. The minimum Gasteiger partial charge on any atom is -0.504 e. The molecule has 0 radical (unpaired) electrons. The van der Waals surface area contributed by atoms with Gasteiger partial charge in [0, 0.05) is 10.0 Å². The van der Waals surface area contributed by atoms with Crippen LogP contribution in [-0.4, -0.2) is 30.9 Å². The number of amides is 1. The molecule has 0 heterocycles. The van der Waals surface area contributed by atoms with Crippen LogP contribution in [0.1, 0.15) is 37.3 Å². The number of nitrogens with zero attached hydrogens (tertiary/aromatic N) is 1. The fourth-order valence-electron chi connectivity index (χ4n) is 2.33. The number of halogens is 1. The standard InChI is InChI=1S/C20H23BrN2O4/c1-4-13(2)14-5-7-17(8-6-14)27-12-19(24)23-22-11-15-9-16(21)10-18(26-3)20(15)25/h5-11,13,25H,4,12H2,1-3H3,(H,23,24)/b22-11+/t13-/m0/s1. The normalized spacial score (nSPS) is 12.0. The van der Waals surface area contributed by atoms with Crippen LogP contribution in [0.3, 0.4) is 0 Å². The number of ether oxygens (including phenoxy) is 2. The second-order valence-corrected chi connectivity index (χ2v) is 6.92. The molecule has 0 aliphatic heterocycles. The summed E-state index contributed by atoms with van der Waals surface area (Å²) in [6, 6.07) is 11.0. The smallest absolute Gasteiger partial charge is 0.277 e. The molecule has 1 amide bonds. The molecule has 0 saturated heterocycles. The zero-order valence-electron chi connectivity index (χ0n) is 15.5. The molecule has 0 unspecified atom stereocenters. The van der Waals surface area contributed by atoms with Gasteiger partial charge in [0.2, 0.25) is 0 Å². The Hall–Kier alpha value is -2.54. The number of aromatic hydroxyl groups is 1. The van der Waals surface area contributed by atoms with Crippen LogP contribution < -0.4 is 14.9 Å². The van der Waals surface area contributed by atoms with Gasteiger partial charge in [-0.1, -0.05) is 41.9 Å². The summed E-state index contributed by atoms with van der Waals surface area (Å²) in [6.07, 6.45) is 2.40. The molecule has 1 atom stereocenters. The molecule has 2 rings (SSSR count). The number of carbonyl (C=O) groups is 1. The van der Waals surface area contributed by atoms with E-state index in [0.29, 0.717) is 27.5 Å². The van der Waals surface area contributed by atoms with Gasteiger partial charge in [0.05, 0.1) is 13.3 Å². The quantitative estimate of drug-likeness (QED) is 0.481. The number of hydrogen-bond acceptors (Lipinski definition) is 5. The predicted molar refractivity (Wildman–Crippen MR) is 109 cm³/mol. The number of carbonyl (C=O) groups excluding carboxylic acids is 1. The lowest BCUT2D eigenvalue weighted by molar-refractivity contribution is -0.123. The van der Waals surface area contributed by atoms with Gasteiger partial charge in [-0.25, -0.2) is 5.43 Å². The van der Waals surface area contributed by atoms with Crippen LogP contribution in [0, 0.1) is 0 Å². The molecule has 7 heteroatoms. The number of phenols is 1. The summed E-state index contributed by atoms with van der Waals surface area (Å²) in [4.78, 5) is 11.9. The molecule has 0 spiro atoms. The maximum Gasteiger partial charge on any atom is 0.277 e. The lowest BCUT2D eigenvalue weighted by Gasteiger charge is -2.10. The Morgan fingerprint density at radius 3 is 2.67 bits per heavy atom. The second-order valence-electron chi connectivity index (χ2n) is 6.01. The number of nitrogens with one attached hydrogen (secondary N) is 1. The van der Waals surface area contributed by atoms with Crippen molar-refractivity contribution < 1.29 is 19.4 Å². The van der Waals surface area contributed by atoms with E-state index in [1.807, 2.05) is 24.3 Å². The lowest BCUT2D eigenvalue weighted by atomic mass is 9.99. The summed E-state index contributed by atoms with van der Waals surface area (Å²) in [5.41, 5.74) is 4.01. The van der Waals surface area contributed by atoms with E-state index in [4.69, 9.17) is 9.47 Å². The Morgan fingerprint density at radius 1 is 1.33 bits per heavy atom. The topological polar surface area (TPSA) is 80.2 Å². The van der Waals surface area contributed by atoms with E-state index < -0.39 is 5.91 Å². The van der Waals surface area contributed by atoms with Gasteiger partial charge in [0.1, 0.15) is 5.75 Å². The first-order valence-electron chi connectivity index (χ1n) is 8.55. The van der Waals surface area contributed by atoms with E-state index in [9.17, 15) is 9.90 Å². The van der Waals surface area contributed by atoms with Crippen LogP contribution >= 0.6 is 15.9 Å². The van der Waals surface area contributed by atoms with Crippen LogP contribution in [0.25, 0.3) is 0 Å². The molecular weight excluding hydrogens is 412 g/mol. The van der Waals surface area contributed by atoms with Crippen LogP contribution in [0.2, 0.25) is 0 Å². The Bertz CT molecular complexity index is 806. The van der Waals surface area contributed by atoms with Crippen LogP contribution in [-0.2, 0) is 4.79 Å². The van der Waals surface area contributed by atoms with Gasteiger partial charge < -0.3 is 14.6 Å². The molecule has 0 saturated carbocycles. The lowest BCUT2D eigenvalue weighted by Crippen LogP contribution is -2.24. The third-order valence-electron chi connectivity index (χ3n) is 4.11. The highest BCUT2D eigenvalue weighted by Crippen LogP contribution is 2.32. The minimum absolute atomic E-state index is 0.0589. The Balaban J connectivity index is 1.88. The van der Waals surface area contributed by atoms with E-state index in [1.54, 1.807) is 12.1 Å². The summed E-state index contributed by atoms with van der Waals surface area (Å²) < 4.78 is 11.2. The zero-order chi connectivity index (χ0) is 19.8. The molecule has 0 aromatic heterocycles. The number of benzene rings is 2. The van der Waals surface area contributed by atoms with E-state index in [2.05, 4.69) is 40.3 Å². The molecule has 2 aromatic rings. The average molecular weight is 435 g/mol. The third kappa shape index (κ3) is 5.99. The molecule has 0 aliphatic rings. The van der Waals surface area contributed by atoms with Crippen molar-refractivity contribution in [2.24, 2.45) is 5.10 Å². The summed E-state index contributed by atoms with van der Waals surface area (Å²) in [5.74, 6) is 0.955. The van der Waals surface area contributed by atoms with Gasteiger partial charge in [0.15, 0.2) is 18.1 Å². The monoisotopic (exact) mass is 434 g/mol. The fourth-order valence-corrected chi connectivity index (χ4v) is 2.79. The van der Waals surface area contributed by atoms with E-state index >= 15 is 0 Å². The molecule has 6 nitrogen and oxygen atoms in total. The van der Waals surface area contributed by atoms with Crippen LogP contribution in [0.4, 0.5) is 0 Å². The molecule has 0 fully saturated rings. The van der Waals surface area contributed by atoms with Gasteiger partial charge in [-0.15, -0.1) is 0 Å². The highest BCUT2D eigenvalue weighted by molar-refractivity contribution is 9.10. The van der Waals surface area contributed by atoms with Crippen molar-refractivity contribution in [3.63, 3.8) is 0 Å². The maximum atomic E-state index is 11.9. The molecule has 0 aliphatic carbocycles. The summed E-state index contributed by atoms with van der Waals surface area (Å²) in [5, 5.41) is 13.9. The number of methoxy groups -OCH3 is 1. The largest absolute Gasteiger partial charge is 0.504 e. The Labute approximate surface area is 167 Å². The van der Waals surface area contributed by atoms with Gasteiger partial charge in [-0.3, -0.25) is 4.79 Å². The van der Waals surface area contributed by atoms with Crippen molar-refractivity contribution in [1.82, 2.24) is 5.43 Å². The summed E-state index contributed by atoms with van der Waals surface area (Å²) in [6.45, 7) is 4.15. The zero-order valence-corrected chi connectivity index (χ0v) is 17.1. The summed E-state index contributed by atoms with van der Waals surface area (Å²) in [7, 11) is 1.46. The van der Waals surface area contributed by atoms with Crippen LogP contribution in [0.5, 0.6) is 17.2 Å². The van der Waals surface area contributed by atoms with Crippen molar-refractivity contribution >= 4 is 28.1 Å². The van der Waals surface area contributed by atoms with E-state index in [-0.39, 0.29) is 12.4 Å². The minimum atomic E-state index is -0.404. The first-order valence-corrected chi connectivity index (χ1v) is 9.35. The SMILES string of the molecule is CC[C@H](C)c1ccc(OCC(=O)N/N=C/c2cc(Br)cc(OC)c2O)cc1. The fraction of sp³-hybridized carbons (Fsp3) is 0.300. The predicted octanol–water partition coefficient (Wildman–Crippen LogP) is 4.21. The third-order valence-corrected chi connectivity index (χ3v) is 4.57. The first kappa shape index (κ1) is 20.8. The highest BCUT2D eigenvalue weighted by atomic mass is 79.9. The number of hydrazone groups is 1. The van der Waals surface area contributed by atoms with Crippen LogP contribution in [0.15, 0.2) is 46.0 Å². The molecule has 0 bridgehead atoms. The van der Waals surface area contributed by atoms with Crippen molar-refractivity contribution in [1.29, 1.82) is 0 Å². The van der Waals surface area contributed by atoms with Crippen molar-refractivity contribution in [3.8, 4) is 17.2 Å². The molecule has 27 heavy (non-hydrogen) atoms. The van der Waals surface area contributed by atoms with E-state index in [0.717, 1.165) is 6.42 Å². The molecular formula is C20H23BrN2O4. The van der Waals surface area contributed by atoms with Gasteiger partial charge in [-0.05, 0) is 42.2 Å². The Kier molecular flexibility index (Phi) is 7.67. The van der Waals surface area contributed by atoms with Crippen molar-refractivity contribution in [3.05, 3.63) is 52.0 Å². The summed E-state index contributed by atoms with van der Waals surface area (Å²) >= 11 is 3.32. The molecule has 144 valence electrons. The average Bonchev–Trinajstić information content (AvgIpc) is 2.68. The Morgan fingerprint density at radius 2 is 2.04 bits per heavy atom. The number of hydrogen-bond donors (Lipinski definition) is 2. The molecule has 2 aromatic carbocycles. The highest BCUT2D eigenvalue weighted by Gasteiger charge is 2.09. The van der Waals surface area contributed by atoms with E-state index in [1.165, 1.54) is 18.9 Å². The van der Waals surface area contributed by atoms with Crippen molar-refractivity contribution in [2.45, 2.75) is 26.2 Å². The maximum absolute atomic E-state index is 11.9. The number of phenolic OH excluding ortho intramolecular Hbond substituents is 1. The molecule has 2 N–H and O–H groups in total.